The molecular formula is C19H21NO6. The lowest BCUT2D eigenvalue weighted by molar-refractivity contribution is -0.139. The van der Waals surface area contributed by atoms with E-state index in [0.717, 1.165) is 11.1 Å². The molecule has 0 aliphatic heterocycles. The lowest BCUT2D eigenvalue weighted by Gasteiger charge is -2.22. The van der Waals surface area contributed by atoms with Gasteiger partial charge in [0.15, 0.2) is 12.0 Å². The van der Waals surface area contributed by atoms with Crippen molar-refractivity contribution in [1.82, 2.24) is 5.32 Å². The second-order valence-electron chi connectivity index (χ2n) is 6.76. The van der Waals surface area contributed by atoms with Crippen LogP contribution in [0, 0.1) is 0 Å². The Balaban J connectivity index is 2.05. The van der Waals surface area contributed by atoms with Gasteiger partial charge in [-0.2, -0.15) is 0 Å². The largest absolute Gasteiger partial charge is 0.480 e. The number of carbonyl (C=O) groups is 3. The molecule has 0 radical (unpaired) electrons. The third-order valence-electron chi connectivity index (χ3n) is 3.41. The highest BCUT2D eigenvalue weighted by Gasteiger charge is 2.24. The molecule has 0 saturated heterocycles. The molecule has 1 amide bonds. The second kappa shape index (κ2) is 7.86. The van der Waals surface area contributed by atoms with Crippen LogP contribution in [-0.2, 0) is 16.0 Å². The summed E-state index contributed by atoms with van der Waals surface area (Å²) in [5.74, 6) is -0.376. The van der Waals surface area contributed by atoms with Crippen molar-refractivity contribution in [2.24, 2.45) is 0 Å². The first kappa shape index (κ1) is 19.2. The molecule has 1 aromatic carbocycles. The topological polar surface area (TPSA) is 106 Å². The molecule has 0 aliphatic carbocycles. The number of ether oxygens (including phenoxy) is 1. The molecule has 0 unspecified atom stereocenters. The zero-order chi connectivity index (χ0) is 19.3. The number of alkyl carbamates (subject to hydrolysis) is 1. The Morgan fingerprint density at radius 3 is 2.35 bits per heavy atom. The molecule has 0 spiro atoms. The fourth-order valence-electron chi connectivity index (χ4n) is 2.26. The van der Waals surface area contributed by atoms with E-state index in [1.54, 1.807) is 57.2 Å². The molecule has 1 aromatic heterocycles. The SMILES string of the molecule is CC(C)(C)OC(=O)N[C@@H](Cc1ccc(-c2ccc(C=O)o2)cc1)C(=O)O. The van der Waals surface area contributed by atoms with Crippen LogP contribution in [0.2, 0.25) is 0 Å². The monoisotopic (exact) mass is 359 g/mol. The summed E-state index contributed by atoms with van der Waals surface area (Å²) in [6, 6.07) is 9.14. The van der Waals surface area contributed by atoms with Gasteiger partial charge in [-0.25, -0.2) is 9.59 Å². The average Bonchev–Trinajstić information content (AvgIpc) is 3.02. The predicted octanol–water partition coefficient (Wildman–Crippen LogP) is 3.28. The van der Waals surface area contributed by atoms with E-state index in [1.807, 2.05) is 0 Å². The van der Waals surface area contributed by atoms with Crippen molar-refractivity contribution in [2.45, 2.75) is 38.8 Å². The van der Waals surface area contributed by atoms with Crippen LogP contribution < -0.4 is 5.32 Å². The molecule has 138 valence electrons. The second-order valence-corrected chi connectivity index (χ2v) is 6.76. The Bertz CT molecular complexity index is 785. The highest BCUT2D eigenvalue weighted by Crippen LogP contribution is 2.22. The van der Waals surface area contributed by atoms with Crippen molar-refractivity contribution >= 4 is 18.3 Å². The van der Waals surface area contributed by atoms with Gasteiger partial charge in [0.05, 0.1) is 0 Å². The van der Waals surface area contributed by atoms with Crippen LogP contribution in [0.25, 0.3) is 11.3 Å². The molecule has 0 saturated carbocycles. The van der Waals surface area contributed by atoms with Crippen LogP contribution in [0.1, 0.15) is 36.9 Å². The lowest BCUT2D eigenvalue weighted by atomic mass is 10.0. The van der Waals surface area contributed by atoms with Crippen molar-refractivity contribution in [3.8, 4) is 11.3 Å². The quantitative estimate of drug-likeness (QED) is 0.767. The summed E-state index contributed by atoms with van der Waals surface area (Å²) in [4.78, 5) is 33.9. The maximum absolute atomic E-state index is 11.8. The van der Waals surface area contributed by atoms with E-state index < -0.39 is 23.7 Å². The van der Waals surface area contributed by atoms with Crippen LogP contribution in [0.15, 0.2) is 40.8 Å². The number of carboxylic acid groups (broad SMARTS) is 1. The zero-order valence-electron chi connectivity index (χ0n) is 14.8. The molecule has 7 heteroatoms. The Morgan fingerprint density at radius 1 is 1.19 bits per heavy atom. The van der Waals surface area contributed by atoms with Gasteiger partial charge in [-0.1, -0.05) is 24.3 Å². The van der Waals surface area contributed by atoms with Gasteiger partial charge in [-0.15, -0.1) is 0 Å². The first-order valence-corrected chi connectivity index (χ1v) is 8.04. The van der Waals surface area contributed by atoms with Crippen molar-refractivity contribution < 1.29 is 28.6 Å². The average molecular weight is 359 g/mol. The predicted molar refractivity (Wildman–Crippen MR) is 94.0 cm³/mol. The number of hydrogen-bond donors (Lipinski definition) is 2. The van der Waals surface area contributed by atoms with Crippen LogP contribution in [-0.4, -0.2) is 35.1 Å². The van der Waals surface area contributed by atoms with E-state index in [9.17, 15) is 19.5 Å². The Hall–Kier alpha value is -3.09. The Labute approximate surface area is 151 Å². The number of furan rings is 1. The Morgan fingerprint density at radius 2 is 1.85 bits per heavy atom. The van der Waals surface area contributed by atoms with E-state index in [1.165, 1.54) is 0 Å². The summed E-state index contributed by atoms with van der Waals surface area (Å²) in [7, 11) is 0. The normalized spacial score (nSPS) is 12.3. The lowest BCUT2D eigenvalue weighted by Crippen LogP contribution is -2.44. The van der Waals surface area contributed by atoms with Gasteiger partial charge < -0.3 is 19.6 Å². The highest BCUT2D eigenvalue weighted by atomic mass is 16.6. The fourth-order valence-corrected chi connectivity index (χ4v) is 2.26. The molecule has 26 heavy (non-hydrogen) atoms. The van der Waals surface area contributed by atoms with Gasteiger partial charge in [0, 0.05) is 12.0 Å². The number of amides is 1. The first-order valence-electron chi connectivity index (χ1n) is 8.04. The molecule has 1 heterocycles. The smallest absolute Gasteiger partial charge is 0.408 e. The zero-order valence-corrected chi connectivity index (χ0v) is 14.8. The summed E-state index contributed by atoms with van der Waals surface area (Å²) in [6.45, 7) is 5.10. The van der Waals surface area contributed by atoms with Gasteiger partial charge in [-0.05, 0) is 38.5 Å². The number of nitrogens with one attached hydrogen (secondary N) is 1. The number of carbonyl (C=O) groups excluding carboxylic acids is 2. The van der Waals surface area contributed by atoms with Gasteiger partial charge in [0.25, 0.3) is 0 Å². The summed E-state index contributed by atoms with van der Waals surface area (Å²) in [6.07, 6.45) is -0.0527. The van der Waals surface area contributed by atoms with Crippen molar-refractivity contribution in [2.75, 3.05) is 0 Å². The minimum Gasteiger partial charge on any atom is -0.480 e. The third kappa shape index (κ3) is 5.47. The maximum Gasteiger partial charge on any atom is 0.408 e. The maximum atomic E-state index is 11.8. The molecule has 2 rings (SSSR count). The molecule has 0 bridgehead atoms. The summed E-state index contributed by atoms with van der Waals surface area (Å²) >= 11 is 0. The molecule has 0 aliphatic rings. The summed E-state index contributed by atoms with van der Waals surface area (Å²) in [5, 5.41) is 11.7. The van der Waals surface area contributed by atoms with E-state index >= 15 is 0 Å². The number of carboxylic acids is 1. The van der Waals surface area contributed by atoms with E-state index in [2.05, 4.69) is 5.32 Å². The van der Waals surface area contributed by atoms with Gasteiger partial charge in [0.2, 0.25) is 0 Å². The Kier molecular flexibility index (Phi) is 5.82. The van der Waals surface area contributed by atoms with Crippen LogP contribution in [0.4, 0.5) is 4.79 Å². The number of rotatable bonds is 6. The van der Waals surface area contributed by atoms with Gasteiger partial charge >= 0.3 is 12.1 Å². The molecule has 0 fully saturated rings. The third-order valence-corrected chi connectivity index (χ3v) is 3.41. The number of benzene rings is 1. The van der Waals surface area contributed by atoms with E-state index in [4.69, 9.17) is 9.15 Å². The first-order chi connectivity index (χ1) is 12.2. The fraction of sp³-hybridized carbons (Fsp3) is 0.316. The molecule has 1 atom stereocenters. The minimum atomic E-state index is -1.15. The van der Waals surface area contributed by atoms with Crippen molar-refractivity contribution in [3.05, 3.63) is 47.7 Å². The number of aldehydes is 1. The van der Waals surface area contributed by atoms with Gasteiger partial charge in [0.1, 0.15) is 17.4 Å². The van der Waals surface area contributed by atoms with Gasteiger partial charge in [-0.3, -0.25) is 4.79 Å². The summed E-state index contributed by atoms with van der Waals surface area (Å²) < 4.78 is 10.4. The van der Waals surface area contributed by atoms with E-state index in [-0.39, 0.29) is 12.2 Å². The van der Waals surface area contributed by atoms with Crippen molar-refractivity contribution in [3.63, 3.8) is 0 Å². The molecule has 2 aromatic rings. The minimum absolute atomic E-state index is 0.104. The standard InChI is InChI=1S/C19H21NO6/c1-19(2,3)26-18(24)20-15(17(22)23)10-12-4-6-13(7-5-12)16-9-8-14(11-21)25-16/h4-9,11,15H,10H2,1-3H3,(H,20,24)(H,22,23)/t15-/m0/s1. The number of hydrogen-bond acceptors (Lipinski definition) is 5. The van der Waals surface area contributed by atoms with Crippen molar-refractivity contribution in [1.29, 1.82) is 0 Å². The summed E-state index contributed by atoms with van der Waals surface area (Å²) in [5.41, 5.74) is 0.770. The van der Waals surface area contributed by atoms with Crippen LogP contribution in [0.5, 0.6) is 0 Å². The highest BCUT2D eigenvalue weighted by molar-refractivity contribution is 5.80. The van der Waals surface area contributed by atoms with Crippen LogP contribution in [0.3, 0.4) is 0 Å². The molecular weight excluding hydrogens is 338 g/mol. The molecule has 2 N–H and O–H groups in total. The number of aliphatic carboxylic acids is 1. The molecule has 7 nitrogen and oxygen atoms in total. The van der Waals surface area contributed by atoms with Crippen LogP contribution >= 0.6 is 0 Å². The van der Waals surface area contributed by atoms with E-state index in [0.29, 0.717) is 12.0 Å².